The molecule has 40 heavy (non-hydrogen) atoms. The number of nitrogens with one attached hydrogen (secondary N) is 2. The second-order valence-corrected chi connectivity index (χ2v) is 10.2. The van der Waals surface area contributed by atoms with Crippen molar-refractivity contribution in [3.05, 3.63) is 47.5 Å². The first-order valence-corrected chi connectivity index (χ1v) is 12.4. The molecule has 214 valence electrons. The number of fused-ring (bicyclic) bond motifs is 2. The van der Waals surface area contributed by atoms with Gasteiger partial charge in [-0.2, -0.15) is 13.2 Å². The van der Waals surface area contributed by atoms with Crippen LogP contribution in [-0.2, 0) is 19.7 Å². The summed E-state index contributed by atoms with van der Waals surface area (Å²) in [6, 6.07) is 8.06. The smallest absolute Gasteiger partial charge is 0.497 e. The standard InChI is InChI=1S/C26H23F5N2O7/c1-36-14-3-4-15-16(10-20(38-18(15)9-14)21(34)33-24(11-37-12-24)25(27,28)29)32-22(35)23(6-7-23)13-2-5-17-19(8-13)40-26(30,31)39-17/h2-5,8-9,16,20H,6-7,10-12H2,1H3,(H,32,35)(H,33,34). The zero-order chi connectivity index (χ0) is 28.5. The molecule has 9 nitrogen and oxygen atoms in total. The van der Waals surface area contributed by atoms with Crippen molar-refractivity contribution in [3.63, 3.8) is 0 Å². The van der Waals surface area contributed by atoms with Crippen LogP contribution in [0.1, 0.15) is 36.4 Å². The minimum atomic E-state index is -4.74. The minimum Gasteiger partial charge on any atom is -0.497 e. The van der Waals surface area contributed by atoms with Crippen molar-refractivity contribution in [1.29, 1.82) is 0 Å². The van der Waals surface area contributed by atoms with Gasteiger partial charge in [-0.05, 0) is 42.7 Å². The molecule has 2 amide bonds. The predicted octanol–water partition coefficient (Wildman–Crippen LogP) is 3.50. The van der Waals surface area contributed by atoms with E-state index in [0.29, 0.717) is 29.7 Å². The zero-order valence-corrected chi connectivity index (χ0v) is 20.9. The number of hydrogen-bond donors (Lipinski definition) is 2. The fraction of sp³-hybridized carbons (Fsp3) is 0.462. The Bertz CT molecular complexity index is 1370. The van der Waals surface area contributed by atoms with Crippen LogP contribution in [0.4, 0.5) is 22.0 Å². The highest BCUT2D eigenvalue weighted by molar-refractivity contribution is 5.92. The van der Waals surface area contributed by atoms with Crippen LogP contribution in [0, 0.1) is 0 Å². The lowest BCUT2D eigenvalue weighted by Crippen LogP contribution is -2.71. The van der Waals surface area contributed by atoms with Gasteiger partial charge in [0.05, 0.1) is 31.8 Å². The van der Waals surface area contributed by atoms with E-state index in [0.717, 1.165) is 0 Å². The number of benzene rings is 2. The van der Waals surface area contributed by atoms with E-state index in [1.54, 1.807) is 12.1 Å². The Hall–Kier alpha value is -3.81. The van der Waals surface area contributed by atoms with Crippen LogP contribution in [-0.4, -0.2) is 56.3 Å². The molecule has 1 saturated heterocycles. The van der Waals surface area contributed by atoms with Gasteiger partial charge < -0.3 is 34.3 Å². The number of amides is 2. The summed E-state index contributed by atoms with van der Waals surface area (Å²) >= 11 is 0. The summed E-state index contributed by atoms with van der Waals surface area (Å²) in [5, 5.41) is 4.92. The van der Waals surface area contributed by atoms with Gasteiger partial charge in [0.1, 0.15) is 11.5 Å². The summed E-state index contributed by atoms with van der Waals surface area (Å²) < 4.78 is 92.5. The first-order chi connectivity index (χ1) is 18.8. The molecule has 3 aliphatic heterocycles. The molecule has 3 heterocycles. The first-order valence-electron chi connectivity index (χ1n) is 12.4. The molecule has 0 spiro atoms. The highest BCUT2D eigenvalue weighted by atomic mass is 19.4. The molecular formula is C26H23F5N2O7. The van der Waals surface area contributed by atoms with Gasteiger partial charge >= 0.3 is 12.5 Å². The number of carbonyl (C=O) groups excluding carboxylic acids is 2. The maximum Gasteiger partial charge on any atom is 0.586 e. The van der Waals surface area contributed by atoms with E-state index < -0.39 is 60.6 Å². The fourth-order valence-electron chi connectivity index (χ4n) is 5.12. The number of ether oxygens (including phenoxy) is 5. The second kappa shape index (κ2) is 8.85. The third kappa shape index (κ3) is 4.34. The van der Waals surface area contributed by atoms with Crippen molar-refractivity contribution in [2.24, 2.45) is 0 Å². The van der Waals surface area contributed by atoms with Gasteiger partial charge in [0.15, 0.2) is 23.1 Å². The Morgan fingerprint density at radius 2 is 1.73 bits per heavy atom. The van der Waals surface area contributed by atoms with Gasteiger partial charge in [-0.15, -0.1) is 8.78 Å². The van der Waals surface area contributed by atoms with E-state index in [1.165, 1.54) is 31.4 Å². The average Bonchev–Trinajstić information content (AvgIpc) is 3.61. The van der Waals surface area contributed by atoms with Crippen molar-refractivity contribution in [2.75, 3.05) is 20.3 Å². The molecule has 2 aromatic rings. The van der Waals surface area contributed by atoms with Crippen LogP contribution >= 0.6 is 0 Å². The lowest BCUT2D eigenvalue weighted by Gasteiger charge is -2.44. The monoisotopic (exact) mass is 570 g/mol. The highest BCUT2D eigenvalue weighted by Gasteiger charge is 2.62. The lowest BCUT2D eigenvalue weighted by atomic mass is 9.91. The van der Waals surface area contributed by atoms with Crippen molar-refractivity contribution in [3.8, 4) is 23.0 Å². The topological polar surface area (TPSA) is 104 Å². The van der Waals surface area contributed by atoms with Gasteiger partial charge in [-0.25, -0.2) is 0 Å². The molecule has 2 atom stereocenters. The number of alkyl halides is 5. The van der Waals surface area contributed by atoms with Crippen molar-refractivity contribution >= 4 is 11.8 Å². The van der Waals surface area contributed by atoms with Gasteiger partial charge in [0, 0.05) is 18.1 Å². The first kappa shape index (κ1) is 26.4. The Morgan fingerprint density at radius 1 is 1.00 bits per heavy atom. The maximum absolute atomic E-state index is 13.6. The zero-order valence-electron chi connectivity index (χ0n) is 20.9. The van der Waals surface area contributed by atoms with Crippen molar-refractivity contribution in [1.82, 2.24) is 10.6 Å². The number of rotatable bonds is 6. The van der Waals surface area contributed by atoms with E-state index >= 15 is 0 Å². The molecule has 2 unspecified atom stereocenters. The molecule has 4 aliphatic rings. The van der Waals surface area contributed by atoms with E-state index in [9.17, 15) is 31.5 Å². The van der Waals surface area contributed by atoms with Gasteiger partial charge in [-0.3, -0.25) is 9.59 Å². The van der Waals surface area contributed by atoms with Crippen molar-refractivity contribution < 1.29 is 55.2 Å². The Labute approximate surface area is 223 Å². The van der Waals surface area contributed by atoms with Crippen molar-refractivity contribution in [2.45, 2.75) is 54.8 Å². The third-order valence-electron chi connectivity index (χ3n) is 7.65. The van der Waals surface area contributed by atoms with Crippen LogP contribution in [0.25, 0.3) is 0 Å². The SMILES string of the molecule is COc1ccc2c(c1)OC(C(=O)NC1(C(F)(F)F)COC1)CC2NC(=O)C1(c2ccc3c(c2)OC(F)(F)O3)CC1. The van der Waals surface area contributed by atoms with E-state index in [2.05, 4.69) is 14.8 Å². The van der Waals surface area contributed by atoms with Gasteiger partial charge in [0.25, 0.3) is 5.91 Å². The maximum atomic E-state index is 13.6. The average molecular weight is 570 g/mol. The normalized spacial score (nSPS) is 24.6. The van der Waals surface area contributed by atoms with Crippen LogP contribution in [0.2, 0.25) is 0 Å². The second-order valence-electron chi connectivity index (χ2n) is 10.2. The van der Waals surface area contributed by atoms with Crippen LogP contribution in [0.5, 0.6) is 23.0 Å². The number of carbonyl (C=O) groups is 2. The molecule has 0 aromatic heterocycles. The molecule has 0 radical (unpaired) electrons. The summed E-state index contributed by atoms with van der Waals surface area (Å²) in [6.07, 6.45) is -9.23. The molecule has 0 bridgehead atoms. The summed E-state index contributed by atoms with van der Waals surface area (Å²) in [6.45, 7) is -1.44. The molecule has 2 N–H and O–H groups in total. The molecule has 2 aromatic carbocycles. The molecule has 1 aliphatic carbocycles. The molecule has 6 rings (SSSR count). The predicted molar refractivity (Wildman–Crippen MR) is 124 cm³/mol. The Balaban J connectivity index is 1.24. The number of halogens is 5. The highest BCUT2D eigenvalue weighted by Crippen LogP contribution is 2.52. The largest absolute Gasteiger partial charge is 0.586 e. The minimum absolute atomic E-state index is 0.153. The summed E-state index contributed by atoms with van der Waals surface area (Å²) in [5.41, 5.74) is -2.62. The Morgan fingerprint density at radius 3 is 2.35 bits per heavy atom. The quantitative estimate of drug-likeness (QED) is 0.513. The number of methoxy groups -OCH3 is 1. The van der Waals surface area contributed by atoms with Gasteiger partial charge in [-0.1, -0.05) is 6.07 Å². The molecule has 1 saturated carbocycles. The summed E-state index contributed by atoms with van der Waals surface area (Å²) in [4.78, 5) is 26.6. The van der Waals surface area contributed by atoms with E-state index in [1.807, 2.05) is 5.32 Å². The Kier molecular flexibility index (Phi) is 5.84. The van der Waals surface area contributed by atoms with E-state index in [4.69, 9.17) is 14.2 Å². The molecular weight excluding hydrogens is 547 g/mol. The van der Waals surface area contributed by atoms with Crippen LogP contribution < -0.4 is 29.6 Å². The fourth-order valence-corrected chi connectivity index (χ4v) is 5.12. The van der Waals surface area contributed by atoms with Gasteiger partial charge in [0.2, 0.25) is 5.91 Å². The molecule has 2 fully saturated rings. The van der Waals surface area contributed by atoms with Crippen LogP contribution in [0.3, 0.4) is 0 Å². The summed E-state index contributed by atoms with van der Waals surface area (Å²) in [5.74, 6) is -1.26. The number of hydrogen-bond acceptors (Lipinski definition) is 7. The lowest BCUT2D eigenvalue weighted by molar-refractivity contribution is -0.286. The van der Waals surface area contributed by atoms with E-state index in [-0.39, 0.29) is 23.7 Å². The van der Waals surface area contributed by atoms with Crippen LogP contribution in [0.15, 0.2) is 36.4 Å². The molecule has 14 heteroatoms. The summed E-state index contributed by atoms with van der Waals surface area (Å²) in [7, 11) is 1.41. The third-order valence-corrected chi connectivity index (χ3v) is 7.65.